The first kappa shape index (κ1) is 30.8. The van der Waals surface area contributed by atoms with Gasteiger partial charge >= 0.3 is 6.18 Å². The second-order valence-electron chi connectivity index (χ2n) is 9.84. The Morgan fingerprint density at radius 3 is 2.31 bits per heavy atom. The first-order valence-electron chi connectivity index (χ1n) is 13.6. The molecule has 5 N–H and O–H groups in total. The van der Waals surface area contributed by atoms with Gasteiger partial charge in [0.25, 0.3) is 0 Å². The summed E-state index contributed by atoms with van der Waals surface area (Å²) in [4.78, 5) is 27.9. The second-order valence-corrected chi connectivity index (χ2v) is 9.84. The molecule has 1 saturated heterocycles. The van der Waals surface area contributed by atoms with Crippen LogP contribution in [0.1, 0.15) is 29.2 Å². The molecule has 1 atom stereocenters. The number of hydrogen-bond donors (Lipinski definition) is 4. The zero-order valence-electron chi connectivity index (χ0n) is 23.0. The molecule has 1 fully saturated rings. The molecule has 1 aliphatic rings. The molecular weight excluding hydrogens is 547 g/mol. The maximum absolute atomic E-state index is 13.3. The number of carbonyl (C=O) groups excluding carboxylic acids is 2. The third-order valence-corrected chi connectivity index (χ3v) is 6.76. The van der Waals surface area contributed by atoms with Crippen molar-refractivity contribution in [1.82, 2.24) is 10.2 Å². The van der Waals surface area contributed by atoms with Crippen LogP contribution in [-0.2, 0) is 20.5 Å². The molecule has 0 aromatic heterocycles. The Hall–Kier alpha value is -4.19. The number of nitrogens with one attached hydrogen (secondary N) is 3. The van der Waals surface area contributed by atoms with Crippen molar-refractivity contribution in [3.63, 3.8) is 0 Å². The number of nitrogens with two attached hydrogens (primary N) is 1. The fourth-order valence-corrected chi connectivity index (χ4v) is 4.45. The summed E-state index contributed by atoms with van der Waals surface area (Å²) in [6.07, 6.45) is -0.629. The van der Waals surface area contributed by atoms with Crippen molar-refractivity contribution in [3.05, 3.63) is 95.6 Å². The van der Waals surface area contributed by atoms with E-state index in [1.54, 1.807) is 54.6 Å². The van der Waals surface area contributed by atoms with Crippen LogP contribution in [0, 0.1) is 0 Å². The Morgan fingerprint density at radius 2 is 1.64 bits per heavy atom. The van der Waals surface area contributed by atoms with Crippen LogP contribution in [0.25, 0.3) is 6.08 Å². The highest BCUT2D eigenvalue weighted by atomic mass is 19.4. The number of hydrogen-bond acceptors (Lipinski definition) is 6. The number of carbonyl (C=O) groups is 2. The van der Waals surface area contributed by atoms with Crippen molar-refractivity contribution in [2.24, 2.45) is 0 Å². The summed E-state index contributed by atoms with van der Waals surface area (Å²) in [5.41, 5.74) is 7.73. The van der Waals surface area contributed by atoms with Gasteiger partial charge in [0.15, 0.2) is 0 Å². The molecule has 3 aromatic carbocycles. The number of amides is 2. The van der Waals surface area contributed by atoms with E-state index in [4.69, 9.17) is 10.5 Å². The molecule has 1 heterocycles. The van der Waals surface area contributed by atoms with Gasteiger partial charge < -0.3 is 26.4 Å². The molecule has 3 aromatic rings. The van der Waals surface area contributed by atoms with Gasteiger partial charge in [-0.3, -0.25) is 14.5 Å². The molecule has 1 aliphatic heterocycles. The van der Waals surface area contributed by atoms with Crippen molar-refractivity contribution in [2.45, 2.75) is 18.6 Å². The average Bonchev–Trinajstić information content (AvgIpc) is 2.98. The summed E-state index contributed by atoms with van der Waals surface area (Å²) in [5.74, 6) is -0.739. The van der Waals surface area contributed by atoms with Crippen LogP contribution in [0.4, 0.5) is 30.2 Å². The molecular formula is C31H34F3N5O3. The van der Waals surface area contributed by atoms with Crippen LogP contribution < -0.4 is 21.7 Å². The van der Waals surface area contributed by atoms with Gasteiger partial charge in [0.05, 0.1) is 30.2 Å². The minimum absolute atomic E-state index is 0.262. The fourth-order valence-electron chi connectivity index (χ4n) is 4.45. The smallest absolute Gasteiger partial charge is 0.397 e. The van der Waals surface area contributed by atoms with Crippen molar-refractivity contribution in [1.29, 1.82) is 0 Å². The Bertz CT molecular complexity index is 1360. The molecule has 4 rings (SSSR count). The van der Waals surface area contributed by atoms with E-state index in [-0.39, 0.29) is 11.6 Å². The van der Waals surface area contributed by atoms with Gasteiger partial charge in [-0.1, -0.05) is 36.4 Å². The standard InChI is InChI=1S/C31H34F3N5O3/c32-31(33,34)24-11-13-25(14-12-24)37-30(41)29(36-16-3-17-39-18-20-42-21-19-39)23-9-6-22(7-10-23)8-15-28(40)38-27-5-2-1-4-26(27)35/h1-2,4-15,29,36H,3,16-21,35H2,(H,37,41)(H,38,40)/b15-8+. The average molecular weight is 582 g/mol. The number of ether oxygens (including phenoxy) is 1. The molecule has 2 amide bonds. The van der Waals surface area contributed by atoms with E-state index >= 15 is 0 Å². The lowest BCUT2D eigenvalue weighted by molar-refractivity contribution is -0.137. The Balaban J connectivity index is 1.41. The molecule has 0 bridgehead atoms. The van der Waals surface area contributed by atoms with E-state index in [1.807, 2.05) is 0 Å². The Kier molecular flexibility index (Phi) is 10.7. The zero-order chi connectivity index (χ0) is 30.0. The van der Waals surface area contributed by atoms with E-state index < -0.39 is 23.7 Å². The molecule has 11 heteroatoms. The molecule has 0 spiro atoms. The lowest BCUT2D eigenvalue weighted by Crippen LogP contribution is -2.39. The Labute approximate surface area is 242 Å². The van der Waals surface area contributed by atoms with Crippen molar-refractivity contribution < 1.29 is 27.5 Å². The summed E-state index contributed by atoms with van der Waals surface area (Å²) in [6.45, 7) is 4.53. The van der Waals surface area contributed by atoms with Crippen LogP contribution in [0.3, 0.4) is 0 Å². The van der Waals surface area contributed by atoms with Gasteiger partial charge in [0, 0.05) is 24.9 Å². The fraction of sp³-hybridized carbons (Fsp3) is 0.290. The molecule has 42 heavy (non-hydrogen) atoms. The first-order chi connectivity index (χ1) is 20.2. The number of rotatable bonds is 11. The monoisotopic (exact) mass is 581 g/mol. The lowest BCUT2D eigenvalue weighted by atomic mass is 10.0. The topological polar surface area (TPSA) is 109 Å². The third kappa shape index (κ3) is 9.16. The summed E-state index contributed by atoms with van der Waals surface area (Å²) in [7, 11) is 0. The number of benzene rings is 3. The maximum atomic E-state index is 13.3. The minimum Gasteiger partial charge on any atom is -0.397 e. The number of para-hydroxylation sites is 2. The largest absolute Gasteiger partial charge is 0.416 e. The molecule has 1 unspecified atom stereocenters. The van der Waals surface area contributed by atoms with Gasteiger partial charge in [-0.25, -0.2) is 0 Å². The molecule has 222 valence electrons. The lowest BCUT2D eigenvalue weighted by Gasteiger charge is -2.27. The molecule has 0 aliphatic carbocycles. The predicted molar refractivity (Wildman–Crippen MR) is 158 cm³/mol. The van der Waals surface area contributed by atoms with E-state index in [0.717, 1.165) is 43.8 Å². The Morgan fingerprint density at radius 1 is 0.952 bits per heavy atom. The predicted octanol–water partition coefficient (Wildman–Crippen LogP) is 4.93. The quantitative estimate of drug-likeness (QED) is 0.145. The van der Waals surface area contributed by atoms with Gasteiger partial charge in [-0.15, -0.1) is 0 Å². The molecule has 0 saturated carbocycles. The van der Waals surface area contributed by atoms with E-state index in [2.05, 4.69) is 20.9 Å². The van der Waals surface area contributed by atoms with Crippen molar-refractivity contribution >= 4 is 35.0 Å². The second kappa shape index (κ2) is 14.6. The van der Waals surface area contributed by atoms with Crippen LogP contribution in [0.5, 0.6) is 0 Å². The SMILES string of the molecule is Nc1ccccc1NC(=O)/C=C/c1ccc(C(NCCCN2CCOCC2)C(=O)Nc2ccc(C(F)(F)F)cc2)cc1. The van der Waals surface area contributed by atoms with Crippen molar-refractivity contribution in [3.8, 4) is 0 Å². The number of morpholine rings is 1. The number of nitrogens with zero attached hydrogens (tertiary/aromatic N) is 1. The summed E-state index contributed by atoms with van der Waals surface area (Å²) >= 11 is 0. The van der Waals surface area contributed by atoms with Crippen LogP contribution in [0.2, 0.25) is 0 Å². The summed E-state index contributed by atoms with van der Waals surface area (Å²) < 4.78 is 44.2. The van der Waals surface area contributed by atoms with E-state index in [0.29, 0.717) is 36.7 Å². The number of halogens is 3. The highest BCUT2D eigenvalue weighted by molar-refractivity contribution is 6.03. The third-order valence-electron chi connectivity index (χ3n) is 6.76. The number of alkyl halides is 3. The van der Waals surface area contributed by atoms with Gasteiger partial charge in [-0.2, -0.15) is 13.2 Å². The van der Waals surface area contributed by atoms with Crippen molar-refractivity contribution in [2.75, 3.05) is 55.8 Å². The van der Waals surface area contributed by atoms with E-state index in [1.165, 1.54) is 18.2 Å². The summed E-state index contributed by atoms with van der Waals surface area (Å²) in [6, 6.07) is 17.7. The van der Waals surface area contributed by atoms with Crippen LogP contribution in [0.15, 0.2) is 78.9 Å². The van der Waals surface area contributed by atoms with Crippen LogP contribution in [-0.4, -0.2) is 56.1 Å². The summed E-state index contributed by atoms with van der Waals surface area (Å²) in [5, 5.41) is 8.73. The number of anilines is 3. The first-order valence-corrected chi connectivity index (χ1v) is 13.6. The van der Waals surface area contributed by atoms with Gasteiger partial charge in [-0.05, 0) is 73.1 Å². The highest BCUT2D eigenvalue weighted by Gasteiger charge is 2.30. The highest BCUT2D eigenvalue weighted by Crippen LogP contribution is 2.30. The van der Waals surface area contributed by atoms with Crippen LogP contribution >= 0.6 is 0 Å². The molecule has 8 nitrogen and oxygen atoms in total. The minimum atomic E-state index is -4.46. The van der Waals surface area contributed by atoms with E-state index in [9.17, 15) is 22.8 Å². The van der Waals surface area contributed by atoms with Gasteiger partial charge in [0.2, 0.25) is 11.8 Å². The molecule has 0 radical (unpaired) electrons. The number of nitrogen functional groups attached to an aromatic ring is 1. The van der Waals surface area contributed by atoms with Gasteiger partial charge in [0.1, 0.15) is 6.04 Å². The zero-order valence-corrected chi connectivity index (χ0v) is 23.0. The normalized spacial score (nSPS) is 14.9. The maximum Gasteiger partial charge on any atom is 0.416 e.